The van der Waals surface area contributed by atoms with Gasteiger partial charge in [-0.2, -0.15) is 0 Å². The molecule has 1 unspecified atom stereocenters. The fraction of sp³-hybridized carbons (Fsp3) is 0.182. The molecule has 1 aromatic heterocycles. The summed E-state index contributed by atoms with van der Waals surface area (Å²) in [7, 11) is 3.11. The minimum absolute atomic E-state index is 0.102. The number of hydrogen-bond acceptors (Lipinski definition) is 5. The number of hydrogen-bond donors (Lipinski definition) is 2. The van der Waals surface area contributed by atoms with E-state index in [1.54, 1.807) is 44.7 Å². The summed E-state index contributed by atoms with van der Waals surface area (Å²) in [5.41, 5.74) is 2.90. The van der Waals surface area contributed by atoms with Gasteiger partial charge in [-0.25, -0.2) is 0 Å². The zero-order chi connectivity index (χ0) is 19.9. The number of benzene rings is 2. The van der Waals surface area contributed by atoms with Crippen LogP contribution in [0.2, 0.25) is 0 Å². The highest BCUT2D eigenvalue weighted by molar-refractivity contribution is 6.03. The molecule has 0 spiro atoms. The summed E-state index contributed by atoms with van der Waals surface area (Å²) in [5, 5.41) is 6.23. The molecule has 6 nitrogen and oxygen atoms in total. The first-order chi connectivity index (χ1) is 13.6. The summed E-state index contributed by atoms with van der Waals surface area (Å²) in [5.74, 6) is 0.836. The van der Waals surface area contributed by atoms with Gasteiger partial charge < -0.3 is 20.1 Å². The van der Waals surface area contributed by atoms with Crippen molar-refractivity contribution in [2.45, 2.75) is 13.0 Å². The number of aromatic nitrogens is 1. The van der Waals surface area contributed by atoms with Gasteiger partial charge in [-0.1, -0.05) is 30.3 Å². The topological polar surface area (TPSA) is 72.5 Å². The molecule has 0 fully saturated rings. The standard InChI is InChI=1S/C22H23N3O3/c1-15(16-7-5-4-6-8-16)24-18-11-12-23-19(13-18)22(26)25-17-9-10-20(27-2)21(14-17)28-3/h4-15H,1-3H3,(H,23,24)(H,25,26). The van der Waals surface area contributed by atoms with Crippen LogP contribution in [0.5, 0.6) is 11.5 Å². The van der Waals surface area contributed by atoms with E-state index in [1.165, 1.54) is 0 Å². The number of rotatable bonds is 7. The summed E-state index contributed by atoms with van der Waals surface area (Å²) in [6, 6.07) is 19.0. The molecule has 0 saturated carbocycles. The Kier molecular flexibility index (Phi) is 6.11. The van der Waals surface area contributed by atoms with Crippen molar-refractivity contribution in [3.63, 3.8) is 0 Å². The monoisotopic (exact) mass is 377 g/mol. The van der Waals surface area contributed by atoms with Crippen molar-refractivity contribution in [3.05, 3.63) is 78.1 Å². The Morgan fingerprint density at radius 1 is 0.929 bits per heavy atom. The molecule has 0 radical (unpaired) electrons. The molecule has 0 aliphatic heterocycles. The zero-order valence-corrected chi connectivity index (χ0v) is 16.1. The molecule has 0 saturated heterocycles. The molecule has 6 heteroatoms. The van der Waals surface area contributed by atoms with Gasteiger partial charge in [0.2, 0.25) is 0 Å². The predicted octanol–water partition coefficient (Wildman–Crippen LogP) is 4.52. The van der Waals surface area contributed by atoms with E-state index in [0.717, 1.165) is 11.3 Å². The van der Waals surface area contributed by atoms with Crippen LogP contribution in [-0.2, 0) is 0 Å². The highest BCUT2D eigenvalue weighted by Crippen LogP contribution is 2.30. The minimum atomic E-state index is -0.303. The first kappa shape index (κ1) is 19.2. The molecule has 0 aliphatic carbocycles. The normalized spacial score (nSPS) is 11.4. The van der Waals surface area contributed by atoms with Crippen molar-refractivity contribution >= 4 is 17.3 Å². The summed E-state index contributed by atoms with van der Waals surface area (Å²) in [4.78, 5) is 16.8. The molecule has 2 N–H and O–H groups in total. The van der Waals surface area contributed by atoms with E-state index >= 15 is 0 Å². The maximum Gasteiger partial charge on any atom is 0.274 e. The molecule has 3 rings (SSSR count). The third-order valence-corrected chi connectivity index (χ3v) is 4.32. The van der Waals surface area contributed by atoms with Crippen molar-refractivity contribution < 1.29 is 14.3 Å². The van der Waals surface area contributed by atoms with E-state index in [1.807, 2.05) is 24.3 Å². The van der Waals surface area contributed by atoms with Crippen molar-refractivity contribution in [3.8, 4) is 11.5 Å². The van der Waals surface area contributed by atoms with E-state index in [-0.39, 0.29) is 11.9 Å². The molecule has 28 heavy (non-hydrogen) atoms. The fourth-order valence-corrected chi connectivity index (χ4v) is 2.83. The van der Waals surface area contributed by atoms with Crippen LogP contribution < -0.4 is 20.1 Å². The van der Waals surface area contributed by atoms with Gasteiger partial charge in [0.1, 0.15) is 5.69 Å². The average Bonchev–Trinajstić information content (AvgIpc) is 2.74. The highest BCUT2D eigenvalue weighted by atomic mass is 16.5. The fourth-order valence-electron chi connectivity index (χ4n) is 2.83. The van der Waals surface area contributed by atoms with Crippen LogP contribution in [0.3, 0.4) is 0 Å². The second kappa shape index (κ2) is 8.90. The number of carbonyl (C=O) groups is 1. The lowest BCUT2D eigenvalue weighted by molar-refractivity contribution is 0.102. The number of amides is 1. The zero-order valence-electron chi connectivity index (χ0n) is 16.1. The highest BCUT2D eigenvalue weighted by Gasteiger charge is 2.12. The van der Waals surface area contributed by atoms with Gasteiger partial charge in [-0.3, -0.25) is 9.78 Å². The van der Waals surface area contributed by atoms with E-state index in [2.05, 4.69) is 34.7 Å². The number of nitrogens with one attached hydrogen (secondary N) is 2. The van der Waals surface area contributed by atoms with E-state index in [4.69, 9.17) is 9.47 Å². The molecular formula is C22H23N3O3. The Hall–Kier alpha value is -3.54. The SMILES string of the molecule is COc1ccc(NC(=O)c2cc(NC(C)c3ccccc3)ccn2)cc1OC. The smallest absolute Gasteiger partial charge is 0.274 e. The van der Waals surface area contributed by atoms with Crippen LogP contribution in [0.15, 0.2) is 66.9 Å². The van der Waals surface area contributed by atoms with Gasteiger partial charge >= 0.3 is 0 Å². The summed E-state index contributed by atoms with van der Waals surface area (Å²) in [6.07, 6.45) is 1.61. The number of nitrogens with zero attached hydrogens (tertiary/aromatic N) is 1. The molecule has 3 aromatic rings. The van der Waals surface area contributed by atoms with Crippen LogP contribution in [0.4, 0.5) is 11.4 Å². The second-order valence-corrected chi connectivity index (χ2v) is 6.23. The Bertz CT molecular complexity index is 945. The lowest BCUT2D eigenvalue weighted by Gasteiger charge is -2.16. The van der Waals surface area contributed by atoms with Gasteiger partial charge in [0.25, 0.3) is 5.91 Å². The lowest BCUT2D eigenvalue weighted by atomic mass is 10.1. The first-order valence-corrected chi connectivity index (χ1v) is 8.91. The van der Waals surface area contributed by atoms with Crippen LogP contribution in [-0.4, -0.2) is 25.1 Å². The van der Waals surface area contributed by atoms with Gasteiger partial charge in [0, 0.05) is 29.7 Å². The quantitative estimate of drug-likeness (QED) is 0.633. The van der Waals surface area contributed by atoms with Crippen LogP contribution >= 0.6 is 0 Å². The number of methoxy groups -OCH3 is 2. The minimum Gasteiger partial charge on any atom is -0.493 e. The van der Waals surface area contributed by atoms with Gasteiger partial charge in [0.15, 0.2) is 11.5 Å². The first-order valence-electron chi connectivity index (χ1n) is 8.91. The maximum absolute atomic E-state index is 12.6. The second-order valence-electron chi connectivity index (χ2n) is 6.23. The third-order valence-electron chi connectivity index (χ3n) is 4.32. The van der Waals surface area contributed by atoms with Gasteiger partial charge in [-0.05, 0) is 36.8 Å². The van der Waals surface area contributed by atoms with Gasteiger partial charge in [-0.15, -0.1) is 0 Å². The van der Waals surface area contributed by atoms with E-state index in [9.17, 15) is 4.79 Å². The summed E-state index contributed by atoms with van der Waals surface area (Å²) < 4.78 is 10.5. The van der Waals surface area contributed by atoms with Crippen molar-refractivity contribution in [2.24, 2.45) is 0 Å². The molecule has 0 bridgehead atoms. The molecule has 2 aromatic carbocycles. The Morgan fingerprint density at radius 2 is 1.68 bits per heavy atom. The Morgan fingerprint density at radius 3 is 2.39 bits per heavy atom. The maximum atomic E-state index is 12.6. The predicted molar refractivity (Wildman–Crippen MR) is 110 cm³/mol. The van der Waals surface area contributed by atoms with Crippen molar-refractivity contribution in [1.82, 2.24) is 4.98 Å². The van der Waals surface area contributed by atoms with Crippen LogP contribution in [0.25, 0.3) is 0 Å². The Labute approximate surface area is 164 Å². The van der Waals surface area contributed by atoms with Crippen LogP contribution in [0.1, 0.15) is 29.0 Å². The van der Waals surface area contributed by atoms with Gasteiger partial charge in [0.05, 0.1) is 14.2 Å². The molecular weight excluding hydrogens is 354 g/mol. The number of anilines is 2. The summed E-state index contributed by atoms with van der Waals surface area (Å²) in [6.45, 7) is 2.07. The van der Waals surface area contributed by atoms with E-state index in [0.29, 0.717) is 22.9 Å². The molecule has 144 valence electrons. The lowest BCUT2D eigenvalue weighted by Crippen LogP contribution is -2.14. The molecule has 0 aliphatic rings. The number of ether oxygens (including phenoxy) is 2. The molecule has 1 amide bonds. The Balaban J connectivity index is 1.72. The number of carbonyl (C=O) groups excluding carboxylic acids is 1. The van der Waals surface area contributed by atoms with E-state index < -0.39 is 0 Å². The molecule has 1 atom stereocenters. The number of pyridine rings is 1. The van der Waals surface area contributed by atoms with Crippen LogP contribution in [0, 0.1) is 0 Å². The van der Waals surface area contributed by atoms with Crippen molar-refractivity contribution in [2.75, 3.05) is 24.9 Å². The third kappa shape index (κ3) is 4.59. The molecule has 1 heterocycles. The van der Waals surface area contributed by atoms with Crippen molar-refractivity contribution in [1.29, 1.82) is 0 Å². The average molecular weight is 377 g/mol. The summed E-state index contributed by atoms with van der Waals surface area (Å²) >= 11 is 0. The largest absolute Gasteiger partial charge is 0.493 e.